The minimum absolute atomic E-state index is 0.135. The molecule has 0 heterocycles. The molecule has 23 heavy (non-hydrogen) atoms. The van der Waals surface area contributed by atoms with E-state index in [1.165, 1.54) is 18.2 Å². The summed E-state index contributed by atoms with van der Waals surface area (Å²) in [6, 6.07) is 11.7. The highest BCUT2D eigenvalue weighted by Crippen LogP contribution is 2.26. The zero-order valence-corrected chi connectivity index (χ0v) is 13.3. The van der Waals surface area contributed by atoms with E-state index in [2.05, 4.69) is 0 Å². The van der Waals surface area contributed by atoms with Crippen LogP contribution in [-0.4, -0.2) is 24.1 Å². The predicted octanol–water partition coefficient (Wildman–Crippen LogP) is 4.09. The smallest absolute Gasteiger partial charge is 0.185 e. The maximum atomic E-state index is 12.1. The standard InChI is InChI=1S/C19H20O4/c1-3-22-17-11-7-15(19(13-17)23-4-2)8-12-18(21)14-5-9-16(20)10-6-14/h5-13,20H,3-4H2,1-2H3. The average Bonchev–Trinajstić information content (AvgIpc) is 2.55. The van der Waals surface area contributed by atoms with E-state index in [0.717, 1.165) is 11.3 Å². The average molecular weight is 312 g/mol. The third-order valence-corrected chi connectivity index (χ3v) is 3.16. The van der Waals surface area contributed by atoms with Crippen molar-refractivity contribution in [1.29, 1.82) is 0 Å². The van der Waals surface area contributed by atoms with Crippen molar-refractivity contribution in [1.82, 2.24) is 0 Å². The Morgan fingerprint density at radius 1 is 1.04 bits per heavy atom. The largest absolute Gasteiger partial charge is 0.508 e. The number of phenols is 1. The van der Waals surface area contributed by atoms with Gasteiger partial charge in [0.1, 0.15) is 17.2 Å². The van der Waals surface area contributed by atoms with Crippen molar-refractivity contribution >= 4 is 11.9 Å². The Morgan fingerprint density at radius 2 is 1.74 bits per heavy atom. The van der Waals surface area contributed by atoms with E-state index < -0.39 is 0 Å². The Hall–Kier alpha value is -2.75. The first-order valence-electron chi connectivity index (χ1n) is 7.55. The van der Waals surface area contributed by atoms with E-state index in [1.807, 2.05) is 32.0 Å². The second-order valence-corrected chi connectivity index (χ2v) is 4.81. The maximum absolute atomic E-state index is 12.1. The minimum Gasteiger partial charge on any atom is -0.508 e. The molecule has 2 aromatic rings. The van der Waals surface area contributed by atoms with Gasteiger partial charge in [0.25, 0.3) is 0 Å². The Balaban J connectivity index is 2.20. The molecule has 0 aliphatic heterocycles. The first-order chi connectivity index (χ1) is 11.1. The molecule has 0 radical (unpaired) electrons. The number of ketones is 1. The summed E-state index contributed by atoms with van der Waals surface area (Å²) >= 11 is 0. The molecule has 0 aliphatic carbocycles. The number of hydrogen-bond acceptors (Lipinski definition) is 4. The molecule has 0 spiro atoms. The molecular weight excluding hydrogens is 292 g/mol. The van der Waals surface area contributed by atoms with Crippen LogP contribution in [0.2, 0.25) is 0 Å². The molecule has 1 N–H and O–H groups in total. The number of ether oxygens (including phenoxy) is 2. The molecule has 0 saturated heterocycles. The first-order valence-corrected chi connectivity index (χ1v) is 7.55. The Bertz CT molecular complexity index is 687. The topological polar surface area (TPSA) is 55.8 Å². The fourth-order valence-corrected chi connectivity index (χ4v) is 2.08. The molecule has 0 saturated carbocycles. The van der Waals surface area contributed by atoms with Crippen molar-refractivity contribution in [3.8, 4) is 17.2 Å². The number of allylic oxidation sites excluding steroid dienone is 1. The van der Waals surface area contributed by atoms with E-state index in [9.17, 15) is 9.90 Å². The molecule has 2 aromatic carbocycles. The predicted molar refractivity (Wildman–Crippen MR) is 90.3 cm³/mol. The van der Waals surface area contributed by atoms with Crippen LogP contribution in [-0.2, 0) is 0 Å². The lowest BCUT2D eigenvalue weighted by molar-refractivity contribution is 0.104. The molecule has 0 unspecified atom stereocenters. The van der Waals surface area contributed by atoms with Crippen LogP contribution < -0.4 is 9.47 Å². The van der Waals surface area contributed by atoms with Crippen molar-refractivity contribution in [2.75, 3.05) is 13.2 Å². The van der Waals surface area contributed by atoms with Gasteiger partial charge in [-0.15, -0.1) is 0 Å². The van der Waals surface area contributed by atoms with Gasteiger partial charge in [-0.1, -0.05) is 0 Å². The summed E-state index contributed by atoms with van der Waals surface area (Å²) in [5.41, 5.74) is 1.32. The molecule has 120 valence electrons. The first kappa shape index (κ1) is 16.6. The quantitative estimate of drug-likeness (QED) is 0.618. The van der Waals surface area contributed by atoms with E-state index in [0.29, 0.717) is 24.5 Å². The van der Waals surface area contributed by atoms with Crippen molar-refractivity contribution in [3.05, 3.63) is 59.7 Å². The normalized spacial score (nSPS) is 10.7. The van der Waals surface area contributed by atoms with E-state index in [4.69, 9.17) is 9.47 Å². The maximum Gasteiger partial charge on any atom is 0.185 e. The highest BCUT2D eigenvalue weighted by atomic mass is 16.5. The number of hydrogen-bond donors (Lipinski definition) is 1. The SMILES string of the molecule is CCOc1ccc(C=CC(=O)c2ccc(O)cc2)c(OCC)c1. The van der Waals surface area contributed by atoms with Gasteiger partial charge in [-0.05, 0) is 62.4 Å². The molecular formula is C19H20O4. The summed E-state index contributed by atoms with van der Waals surface area (Å²) in [6.07, 6.45) is 3.21. The van der Waals surface area contributed by atoms with Crippen LogP contribution in [0.5, 0.6) is 17.2 Å². The van der Waals surface area contributed by atoms with Gasteiger partial charge in [-0.3, -0.25) is 4.79 Å². The summed E-state index contributed by atoms with van der Waals surface area (Å²) in [7, 11) is 0. The van der Waals surface area contributed by atoms with Crippen LogP contribution in [0.3, 0.4) is 0 Å². The number of benzene rings is 2. The van der Waals surface area contributed by atoms with Crippen molar-refractivity contribution in [2.45, 2.75) is 13.8 Å². The second-order valence-electron chi connectivity index (χ2n) is 4.81. The monoisotopic (exact) mass is 312 g/mol. The lowest BCUT2D eigenvalue weighted by atomic mass is 10.1. The molecule has 4 heteroatoms. The molecule has 2 rings (SSSR count). The molecule has 0 fully saturated rings. The van der Waals surface area contributed by atoms with Gasteiger partial charge in [0, 0.05) is 17.2 Å². The van der Waals surface area contributed by atoms with Crippen LogP contribution in [0.15, 0.2) is 48.5 Å². The van der Waals surface area contributed by atoms with Crippen LogP contribution >= 0.6 is 0 Å². The highest BCUT2D eigenvalue weighted by molar-refractivity contribution is 6.07. The Kier molecular flexibility index (Phi) is 5.80. The fraction of sp³-hybridized carbons (Fsp3) is 0.211. The van der Waals surface area contributed by atoms with E-state index in [-0.39, 0.29) is 11.5 Å². The lowest BCUT2D eigenvalue weighted by Gasteiger charge is -2.10. The molecule has 0 bridgehead atoms. The van der Waals surface area contributed by atoms with E-state index >= 15 is 0 Å². The van der Waals surface area contributed by atoms with E-state index in [1.54, 1.807) is 18.2 Å². The van der Waals surface area contributed by atoms with Crippen LogP contribution in [0.1, 0.15) is 29.8 Å². The molecule has 4 nitrogen and oxygen atoms in total. The van der Waals surface area contributed by atoms with Gasteiger partial charge in [0.15, 0.2) is 5.78 Å². The molecule has 0 aromatic heterocycles. The van der Waals surface area contributed by atoms with Crippen molar-refractivity contribution in [2.24, 2.45) is 0 Å². The van der Waals surface area contributed by atoms with Crippen molar-refractivity contribution in [3.63, 3.8) is 0 Å². The Labute approximate surface area is 136 Å². The zero-order chi connectivity index (χ0) is 16.7. The van der Waals surface area contributed by atoms with Crippen molar-refractivity contribution < 1.29 is 19.4 Å². The summed E-state index contributed by atoms with van der Waals surface area (Å²) in [5, 5.41) is 9.25. The third-order valence-electron chi connectivity index (χ3n) is 3.16. The van der Waals surface area contributed by atoms with Gasteiger partial charge in [0.05, 0.1) is 13.2 Å². The Morgan fingerprint density at radius 3 is 2.39 bits per heavy atom. The van der Waals surface area contributed by atoms with Crippen LogP contribution in [0.4, 0.5) is 0 Å². The van der Waals surface area contributed by atoms with Gasteiger partial charge >= 0.3 is 0 Å². The third kappa shape index (κ3) is 4.61. The fourth-order valence-electron chi connectivity index (χ4n) is 2.08. The number of phenolic OH excluding ortho intramolecular Hbond substituents is 1. The lowest BCUT2D eigenvalue weighted by Crippen LogP contribution is -1.97. The second kappa shape index (κ2) is 8.03. The summed E-state index contributed by atoms with van der Waals surface area (Å²) in [5.74, 6) is 1.41. The van der Waals surface area contributed by atoms with Crippen LogP contribution in [0, 0.1) is 0 Å². The number of aromatic hydroxyl groups is 1. The zero-order valence-electron chi connectivity index (χ0n) is 13.3. The summed E-state index contributed by atoms with van der Waals surface area (Å²) in [6.45, 7) is 4.94. The molecule has 0 atom stereocenters. The molecule has 0 aliphatic rings. The van der Waals surface area contributed by atoms with Gasteiger partial charge in [0.2, 0.25) is 0 Å². The number of rotatable bonds is 7. The number of carbonyl (C=O) groups excluding carboxylic acids is 1. The minimum atomic E-state index is -0.138. The number of carbonyl (C=O) groups is 1. The van der Waals surface area contributed by atoms with Gasteiger partial charge < -0.3 is 14.6 Å². The van der Waals surface area contributed by atoms with Gasteiger partial charge in [-0.2, -0.15) is 0 Å². The molecule has 0 amide bonds. The van der Waals surface area contributed by atoms with Crippen LogP contribution in [0.25, 0.3) is 6.08 Å². The highest BCUT2D eigenvalue weighted by Gasteiger charge is 2.05. The summed E-state index contributed by atoms with van der Waals surface area (Å²) in [4.78, 5) is 12.1. The van der Waals surface area contributed by atoms with Gasteiger partial charge in [-0.25, -0.2) is 0 Å². The summed E-state index contributed by atoms with van der Waals surface area (Å²) < 4.78 is 11.1.